The van der Waals surface area contributed by atoms with E-state index in [0.29, 0.717) is 0 Å². The van der Waals surface area contributed by atoms with Gasteiger partial charge in [0.15, 0.2) is 0 Å². The monoisotopic (exact) mass is 360 g/mol. The molecule has 0 saturated carbocycles. The third-order valence-corrected chi connectivity index (χ3v) is 0. The first-order valence-corrected chi connectivity index (χ1v) is 4.93. The summed E-state index contributed by atoms with van der Waals surface area (Å²) in [5.74, 6) is 0. The first kappa shape index (κ1) is 36.0. The van der Waals surface area contributed by atoms with E-state index in [-0.39, 0.29) is 49.0 Å². The third kappa shape index (κ3) is 1440. The van der Waals surface area contributed by atoms with Crippen LogP contribution in [-0.2, 0) is 58.4 Å². The van der Waals surface area contributed by atoms with Gasteiger partial charge >= 0.3 is 49.0 Å². The van der Waals surface area contributed by atoms with E-state index in [1.807, 2.05) is 6.79 Å². The summed E-state index contributed by atoms with van der Waals surface area (Å²) in [5, 5.41) is 0. The fourth-order valence-corrected chi connectivity index (χ4v) is 0. The molecule has 0 bridgehead atoms. The predicted octanol–water partition coefficient (Wildman–Crippen LogP) is -5.17. The summed E-state index contributed by atoms with van der Waals surface area (Å²) in [6.07, 6.45) is 0. The van der Waals surface area contributed by atoms with E-state index >= 15 is 0 Å². The van der Waals surface area contributed by atoms with Crippen LogP contribution < -0.4 is 29.6 Å². The smallest absolute Gasteiger partial charge is 0.750 e. The van der Waals surface area contributed by atoms with Crippen molar-refractivity contribution >= 4 is 40.9 Å². The van der Waals surface area contributed by atoms with E-state index in [9.17, 15) is 0 Å². The Balaban J connectivity index is -0.0000000205. The van der Waals surface area contributed by atoms with Crippen molar-refractivity contribution < 1.29 is 93.8 Å². The first-order valence-electron chi connectivity index (χ1n) is 1.84. The van der Waals surface area contributed by atoms with E-state index < -0.39 is 34.1 Å². The molecule has 0 radical (unpaired) electrons. The van der Waals surface area contributed by atoms with E-state index in [2.05, 4.69) is 0 Å². The van der Waals surface area contributed by atoms with Crippen LogP contribution in [0.25, 0.3) is 0 Å². The molecular weight excluding hydrogens is 357 g/mol. The van der Waals surface area contributed by atoms with Crippen molar-refractivity contribution in [3.8, 4) is 0 Å². The van der Waals surface area contributed by atoms with Gasteiger partial charge in [-0.15, -0.1) is 0 Å². The van der Waals surface area contributed by atoms with Crippen LogP contribution in [0.2, 0.25) is 0 Å². The zero-order valence-corrected chi connectivity index (χ0v) is 15.3. The Morgan fingerprint density at radius 3 is 0.750 bits per heavy atom. The number of carbonyl (C=O) groups is 1. The van der Waals surface area contributed by atoms with Crippen LogP contribution in [0.5, 0.6) is 0 Å². The third-order valence-electron chi connectivity index (χ3n) is 0. The number of hydrogen-bond donors (Lipinski definition) is 3. The maximum atomic E-state index is 8.56. The van der Waals surface area contributed by atoms with Crippen LogP contribution in [0.15, 0.2) is 0 Å². The maximum Gasteiger partial charge on any atom is 2.00 e. The largest absolute Gasteiger partial charge is 2.00 e. The van der Waals surface area contributed by atoms with Gasteiger partial charge in [-0.25, -0.2) is 12.6 Å². The van der Waals surface area contributed by atoms with Gasteiger partial charge in [0, 0.05) is 0 Å². The van der Waals surface area contributed by atoms with Gasteiger partial charge < -0.3 is 32.1 Å². The van der Waals surface area contributed by atoms with Gasteiger partial charge in [-0.2, -0.15) is 0 Å². The van der Waals surface area contributed by atoms with Crippen molar-refractivity contribution in [2.45, 2.75) is 0 Å². The Labute approximate surface area is 133 Å². The van der Waals surface area contributed by atoms with Crippen LogP contribution in [0.1, 0.15) is 0 Å². The molecule has 0 amide bonds. The van der Waals surface area contributed by atoms with Crippen molar-refractivity contribution in [2.24, 2.45) is 0 Å². The van der Waals surface area contributed by atoms with Gasteiger partial charge in [0.05, 0.1) is 34.1 Å². The Morgan fingerprint density at radius 1 is 0.750 bits per heavy atom. The predicted molar refractivity (Wildman–Crippen MR) is 41.8 cm³/mol. The standard InChI is InChI=1S/CH2O.Na.3H2O3S.Zn/c1-2;;3*1-4(2)3;/h1H2;;3*(H2,1,2,3);/q;+1;;;;+2/p-3. The summed E-state index contributed by atoms with van der Waals surface area (Å²) in [5.41, 5.74) is 0. The van der Waals surface area contributed by atoms with Crippen molar-refractivity contribution in [2.75, 3.05) is 0 Å². The molecule has 10 nitrogen and oxygen atoms in total. The average molecular weight is 362 g/mol. The second kappa shape index (κ2) is 36.0. The summed E-state index contributed by atoms with van der Waals surface area (Å²) in [6, 6.07) is 0. The number of carbonyl (C=O) groups excluding carboxylic acids is 1. The minimum absolute atomic E-state index is 0. The summed E-state index contributed by atoms with van der Waals surface area (Å²) in [4.78, 5) is 8.00. The molecule has 3 N–H and O–H groups in total. The molecule has 0 aromatic carbocycles. The molecule has 0 aliphatic rings. The molecule has 0 aromatic heterocycles. The van der Waals surface area contributed by atoms with Gasteiger partial charge in [-0.3, -0.25) is 0 Å². The Morgan fingerprint density at radius 2 is 0.750 bits per heavy atom. The van der Waals surface area contributed by atoms with E-state index in [1.165, 1.54) is 0 Å². The van der Waals surface area contributed by atoms with Crippen LogP contribution in [0.4, 0.5) is 0 Å². The number of hydrogen-bond acceptors (Lipinski definition) is 7. The molecule has 0 aliphatic heterocycles. The Bertz CT molecular complexity index is 135. The second-order valence-corrected chi connectivity index (χ2v) is 1.95. The summed E-state index contributed by atoms with van der Waals surface area (Å²) >= 11 is -8.58. The Kier molecular flexibility index (Phi) is 81.0. The molecule has 0 heterocycles. The minimum atomic E-state index is -2.86. The molecule has 3 unspecified atom stereocenters. The van der Waals surface area contributed by atoms with Crippen molar-refractivity contribution in [3.63, 3.8) is 0 Å². The van der Waals surface area contributed by atoms with Crippen LogP contribution in [0.3, 0.4) is 0 Å². The quantitative estimate of drug-likeness (QED) is 0.277. The first-order chi connectivity index (χ1) is 6.20. The molecule has 16 heavy (non-hydrogen) atoms. The van der Waals surface area contributed by atoms with Crippen molar-refractivity contribution in [1.29, 1.82) is 0 Å². The molecule has 0 fully saturated rings. The molecular formula is CH5NaO10S3Zn. The van der Waals surface area contributed by atoms with E-state index in [0.717, 1.165) is 0 Å². The van der Waals surface area contributed by atoms with Gasteiger partial charge in [0.1, 0.15) is 6.79 Å². The van der Waals surface area contributed by atoms with Crippen molar-refractivity contribution in [3.05, 3.63) is 0 Å². The zero-order valence-electron chi connectivity index (χ0n) is 7.84. The molecule has 0 aromatic rings. The van der Waals surface area contributed by atoms with Crippen molar-refractivity contribution in [1.82, 2.24) is 0 Å². The van der Waals surface area contributed by atoms with Gasteiger partial charge in [0.25, 0.3) is 0 Å². The maximum absolute atomic E-state index is 8.56. The fraction of sp³-hybridized carbons (Fsp3) is 0. The van der Waals surface area contributed by atoms with Crippen LogP contribution in [-0.4, -0.2) is 46.7 Å². The fourth-order valence-electron chi connectivity index (χ4n) is 0. The molecule has 0 aliphatic carbocycles. The molecule has 0 saturated heterocycles. The van der Waals surface area contributed by atoms with Gasteiger partial charge in [-0.1, -0.05) is 0 Å². The van der Waals surface area contributed by atoms with E-state index in [4.69, 9.17) is 44.7 Å². The zero-order chi connectivity index (χ0) is 12.7. The second-order valence-electron chi connectivity index (χ2n) is 0.651. The summed E-state index contributed by atoms with van der Waals surface area (Å²) in [7, 11) is 0. The molecule has 15 heteroatoms. The van der Waals surface area contributed by atoms with E-state index in [1.54, 1.807) is 0 Å². The number of rotatable bonds is 0. The van der Waals surface area contributed by atoms with Gasteiger partial charge in [-0.05, 0) is 0 Å². The molecule has 90 valence electrons. The summed E-state index contributed by atoms with van der Waals surface area (Å²) in [6.45, 7) is 2.00. The average Bonchev–Trinajstić information content (AvgIpc) is 1.86. The molecule has 0 rings (SSSR count). The normalized spacial score (nSPS) is 11.9. The SMILES string of the molecule is C=O.O=S([O-])O.O=S([O-])O.O=S([O-])O.[Na+].[Zn+2]. The summed E-state index contributed by atoms with van der Waals surface area (Å²) < 4.78 is 72.2. The van der Waals surface area contributed by atoms with Crippen LogP contribution >= 0.6 is 0 Å². The topological polar surface area (TPSA) is 198 Å². The molecule has 3 atom stereocenters. The van der Waals surface area contributed by atoms with Gasteiger partial charge in [0.2, 0.25) is 0 Å². The Hall–Kier alpha value is 1.50. The minimum Gasteiger partial charge on any atom is -0.750 e. The molecule has 0 spiro atoms. The van der Waals surface area contributed by atoms with Crippen LogP contribution in [0, 0.1) is 0 Å².